The largest absolute Gasteiger partial charge is 0.386 e. The summed E-state index contributed by atoms with van der Waals surface area (Å²) in [4.78, 5) is 0. The van der Waals surface area contributed by atoms with E-state index in [-0.39, 0.29) is 0 Å². The van der Waals surface area contributed by atoms with Gasteiger partial charge in [0.25, 0.3) is 0 Å². The minimum Gasteiger partial charge on any atom is -0.386 e. The summed E-state index contributed by atoms with van der Waals surface area (Å²) in [6.45, 7) is 5.52. The van der Waals surface area contributed by atoms with Crippen LogP contribution in [-0.2, 0) is 0 Å². The van der Waals surface area contributed by atoms with Crippen molar-refractivity contribution >= 4 is 0 Å². The van der Waals surface area contributed by atoms with Crippen LogP contribution in [0.1, 0.15) is 20.3 Å². The summed E-state index contributed by atoms with van der Waals surface area (Å²) in [5, 5.41) is 11.6. The second-order valence-corrected chi connectivity index (χ2v) is 2.75. The molecule has 0 heterocycles. The van der Waals surface area contributed by atoms with Gasteiger partial charge in [-0.05, 0) is 12.3 Å². The number of nitrogens with two attached hydrogens (primary N) is 1. The Morgan fingerprint density at radius 3 is 2.83 bits per heavy atom. The molecule has 0 saturated carbocycles. The quantitative estimate of drug-likeness (QED) is 0.600. The van der Waals surface area contributed by atoms with Crippen molar-refractivity contribution in [3.8, 4) is 6.07 Å². The molecule has 0 saturated heterocycles. The van der Waals surface area contributed by atoms with Crippen LogP contribution in [0.5, 0.6) is 0 Å². The molecule has 0 aromatic heterocycles. The molecule has 0 aliphatic heterocycles. The lowest BCUT2D eigenvalue weighted by Gasteiger charge is -2.14. The van der Waals surface area contributed by atoms with Crippen LogP contribution in [0.15, 0.2) is 11.8 Å². The van der Waals surface area contributed by atoms with Crippen molar-refractivity contribution in [3.05, 3.63) is 11.8 Å². The number of nitrogens with zero attached hydrogens (tertiary/aromatic N) is 1. The first-order valence-electron chi connectivity index (χ1n) is 4.29. The smallest absolute Gasteiger partial charge is 0.0930 e. The van der Waals surface area contributed by atoms with Crippen LogP contribution >= 0.6 is 0 Å². The molecular weight excluding hydrogens is 150 g/mol. The fourth-order valence-electron chi connectivity index (χ4n) is 0.873. The number of rotatable bonds is 5. The average molecular weight is 167 g/mol. The van der Waals surface area contributed by atoms with Gasteiger partial charge in [-0.1, -0.05) is 13.8 Å². The first-order valence-corrected chi connectivity index (χ1v) is 4.29. The third-order valence-corrected chi connectivity index (χ3v) is 1.84. The molecule has 0 aliphatic rings. The van der Waals surface area contributed by atoms with Crippen molar-refractivity contribution in [3.63, 3.8) is 0 Å². The SMILES string of the molecule is CCC(C)/C(=C/C#N)NCCN. The predicted molar refractivity (Wildman–Crippen MR) is 50.2 cm³/mol. The lowest BCUT2D eigenvalue weighted by atomic mass is 10.0. The summed E-state index contributed by atoms with van der Waals surface area (Å²) >= 11 is 0. The van der Waals surface area contributed by atoms with E-state index in [1.807, 2.05) is 6.07 Å². The molecule has 3 nitrogen and oxygen atoms in total. The maximum Gasteiger partial charge on any atom is 0.0930 e. The predicted octanol–water partition coefficient (Wildman–Crippen LogP) is 0.988. The molecule has 1 unspecified atom stereocenters. The van der Waals surface area contributed by atoms with Crippen LogP contribution in [0.2, 0.25) is 0 Å². The maximum atomic E-state index is 8.48. The topological polar surface area (TPSA) is 61.8 Å². The van der Waals surface area contributed by atoms with Crippen LogP contribution < -0.4 is 11.1 Å². The van der Waals surface area contributed by atoms with Gasteiger partial charge in [0.15, 0.2) is 0 Å². The fourth-order valence-corrected chi connectivity index (χ4v) is 0.873. The Kier molecular flexibility index (Phi) is 6.12. The number of hydrogen-bond donors (Lipinski definition) is 2. The van der Waals surface area contributed by atoms with Crippen LogP contribution in [0.25, 0.3) is 0 Å². The minimum atomic E-state index is 0.413. The molecule has 0 spiro atoms. The van der Waals surface area contributed by atoms with Gasteiger partial charge in [0.1, 0.15) is 0 Å². The number of hydrogen-bond acceptors (Lipinski definition) is 3. The summed E-state index contributed by atoms with van der Waals surface area (Å²) < 4.78 is 0. The Hall–Kier alpha value is -1.01. The van der Waals surface area contributed by atoms with Gasteiger partial charge in [0.2, 0.25) is 0 Å². The minimum absolute atomic E-state index is 0.413. The van der Waals surface area contributed by atoms with Crippen LogP contribution in [0.4, 0.5) is 0 Å². The molecule has 0 radical (unpaired) electrons. The van der Waals surface area contributed by atoms with Gasteiger partial charge in [0.05, 0.1) is 6.07 Å². The zero-order chi connectivity index (χ0) is 9.40. The van der Waals surface area contributed by atoms with E-state index in [1.165, 1.54) is 0 Å². The molecule has 68 valence electrons. The van der Waals surface area contributed by atoms with Crippen molar-refractivity contribution in [2.45, 2.75) is 20.3 Å². The molecular formula is C9H17N3. The van der Waals surface area contributed by atoms with E-state index in [2.05, 4.69) is 19.2 Å². The second kappa shape index (κ2) is 6.68. The molecule has 0 aliphatic carbocycles. The zero-order valence-electron chi connectivity index (χ0n) is 7.80. The van der Waals surface area contributed by atoms with Crippen LogP contribution in [0, 0.1) is 17.2 Å². The van der Waals surface area contributed by atoms with Crippen molar-refractivity contribution in [1.82, 2.24) is 5.32 Å². The van der Waals surface area contributed by atoms with Gasteiger partial charge in [-0.3, -0.25) is 0 Å². The molecule has 3 heteroatoms. The van der Waals surface area contributed by atoms with Gasteiger partial charge >= 0.3 is 0 Å². The van der Waals surface area contributed by atoms with Crippen molar-refractivity contribution < 1.29 is 0 Å². The number of nitriles is 1. The van der Waals surface area contributed by atoms with Crippen LogP contribution in [-0.4, -0.2) is 13.1 Å². The average Bonchev–Trinajstić information content (AvgIpc) is 2.11. The monoisotopic (exact) mass is 167 g/mol. The highest BCUT2D eigenvalue weighted by molar-refractivity contribution is 5.13. The standard InChI is InChI=1S/C9H17N3/c1-3-8(2)9(4-5-10)12-7-6-11/h4,8,12H,3,6-7,11H2,1-2H3/b9-4-. The molecule has 3 N–H and O–H groups in total. The Balaban J connectivity index is 4.06. The van der Waals surface area contributed by atoms with E-state index in [0.29, 0.717) is 12.5 Å². The van der Waals surface area contributed by atoms with Crippen molar-refractivity contribution in [2.75, 3.05) is 13.1 Å². The lowest BCUT2D eigenvalue weighted by molar-refractivity contribution is 0.589. The Labute approximate surface area is 74.3 Å². The number of allylic oxidation sites excluding steroid dienone is 2. The third-order valence-electron chi connectivity index (χ3n) is 1.84. The fraction of sp³-hybridized carbons (Fsp3) is 0.667. The van der Waals surface area contributed by atoms with Gasteiger partial charge in [-0.15, -0.1) is 0 Å². The first kappa shape index (κ1) is 11.0. The summed E-state index contributed by atoms with van der Waals surface area (Å²) in [5.74, 6) is 0.413. The number of nitrogens with one attached hydrogen (secondary N) is 1. The van der Waals surface area contributed by atoms with Crippen molar-refractivity contribution in [2.24, 2.45) is 11.7 Å². The summed E-state index contributed by atoms with van der Waals surface area (Å²) in [5.41, 5.74) is 6.33. The highest BCUT2D eigenvalue weighted by atomic mass is 14.9. The molecule has 0 aromatic carbocycles. The van der Waals surface area contributed by atoms with Gasteiger partial charge in [-0.2, -0.15) is 5.26 Å². The summed E-state index contributed by atoms with van der Waals surface area (Å²) in [6.07, 6.45) is 2.59. The Morgan fingerprint density at radius 2 is 2.42 bits per heavy atom. The van der Waals surface area contributed by atoms with Crippen molar-refractivity contribution in [1.29, 1.82) is 5.26 Å². The lowest BCUT2D eigenvalue weighted by Crippen LogP contribution is -2.25. The van der Waals surface area contributed by atoms with E-state index >= 15 is 0 Å². The van der Waals surface area contributed by atoms with E-state index in [1.54, 1.807) is 6.08 Å². The highest BCUT2D eigenvalue weighted by Crippen LogP contribution is 2.10. The highest BCUT2D eigenvalue weighted by Gasteiger charge is 2.04. The summed E-state index contributed by atoms with van der Waals surface area (Å²) in [6, 6.07) is 2.03. The Morgan fingerprint density at radius 1 is 1.75 bits per heavy atom. The zero-order valence-corrected chi connectivity index (χ0v) is 7.80. The van der Waals surface area contributed by atoms with Crippen LogP contribution in [0.3, 0.4) is 0 Å². The molecule has 0 rings (SSSR count). The first-order chi connectivity index (χ1) is 5.76. The second-order valence-electron chi connectivity index (χ2n) is 2.75. The van der Waals surface area contributed by atoms with Gasteiger partial charge < -0.3 is 11.1 Å². The summed E-state index contributed by atoms with van der Waals surface area (Å²) in [7, 11) is 0. The van der Waals surface area contributed by atoms with E-state index in [4.69, 9.17) is 11.0 Å². The maximum absolute atomic E-state index is 8.48. The Bertz CT molecular complexity index is 179. The van der Waals surface area contributed by atoms with Gasteiger partial charge in [-0.25, -0.2) is 0 Å². The molecule has 0 aromatic rings. The van der Waals surface area contributed by atoms with E-state index in [0.717, 1.165) is 18.7 Å². The molecule has 0 amide bonds. The molecule has 1 atom stereocenters. The molecule has 12 heavy (non-hydrogen) atoms. The third kappa shape index (κ3) is 3.99. The normalized spacial score (nSPS) is 13.7. The molecule has 0 bridgehead atoms. The molecule has 0 fully saturated rings. The van der Waals surface area contributed by atoms with Gasteiger partial charge in [0, 0.05) is 24.9 Å². The van der Waals surface area contributed by atoms with E-state index < -0.39 is 0 Å². The van der Waals surface area contributed by atoms with E-state index in [9.17, 15) is 0 Å².